The lowest BCUT2D eigenvalue weighted by atomic mass is 10.0. The van der Waals surface area contributed by atoms with Crippen molar-refractivity contribution in [2.24, 2.45) is 0 Å². The van der Waals surface area contributed by atoms with E-state index in [-0.39, 0.29) is 5.82 Å². The molecule has 0 radical (unpaired) electrons. The maximum atomic E-state index is 13.3. The van der Waals surface area contributed by atoms with Crippen LogP contribution in [0.15, 0.2) is 24.3 Å². The second kappa shape index (κ2) is 6.34. The summed E-state index contributed by atoms with van der Waals surface area (Å²) < 4.78 is 38.8. The van der Waals surface area contributed by atoms with Crippen LogP contribution in [0.3, 0.4) is 0 Å². The Morgan fingerprint density at radius 1 is 1.32 bits per heavy atom. The third-order valence-corrected chi connectivity index (χ3v) is 5.85. The normalized spacial score (nSPS) is 16.5. The Morgan fingerprint density at radius 2 is 1.95 bits per heavy atom. The van der Waals surface area contributed by atoms with Crippen LogP contribution in [0.25, 0.3) is 0 Å². The highest BCUT2D eigenvalue weighted by molar-refractivity contribution is 7.89. The van der Waals surface area contributed by atoms with Crippen molar-refractivity contribution in [2.75, 3.05) is 18.8 Å². The Labute approximate surface area is 130 Å². The maximum absolute atomic E-state index is 13.3. The third-order valence-electron chi connectivity index (χ3n) is 3.92. The number of hydrogen-bond donors (Lipinski definition) is 1. The fraction of sp³-hybridized carbons (Fsp3) is 0.533. The number of hydrogen-bond acceptors (Lipinski definition) is 3. The lowest BCUT2D eigenvalue weighted by Gasteiger charge is -2.21. The lowest BCUT2D eigenvalue weighted by molar-refractivity contribution is -0.119. The van der Waals surface area contributed by atoms with Crippen molar-refractivity contribution >= 4 is 15.9 Å². The summed E-state index contributed by atoms with van der Waals surface area (Å²) in [4.78, 5) is 12.1. The van der Waals surface area contributed by atoms with E-state index in [0.717, 1.165) is 0 Å². The lowest BCUT2D eigenvalue weighted by Crippen LogP contribution is -2.42. The standard InChI is InChI=1S/C15H21FN2O3S/c1-3-18(4-2)22(20,21)11-14(19)17-15(8-9-15)12-6-5-7-13(16)10-12/h5-7,10H,3-4,8-9,11H2,1-2H3,(H,17,19). The summed E-state index contributed by atoms with van der Waals surface area (Å²) in [5.41, 5.74) is 0.0684. The molecule has 0 aliphatic heterocycles. The summed E-state index contributed by atoms with van der Waals surface area (Å²) in [5.74, 6) is -1.49. The number of amides is 1. The zero-order valence-corrected chi connectivity index (χ0v) is 13.6. The molecule has 1 saturated carbocycles. The van der Waals surface area contributed by atoms with Crippen LogP contribution in [-0.4, -0.2) is 37.5 Å². The van der Waals surface area contributed by atoms with Crippen molar-refractivity contribution in [1.82, 2.24) is 9.62 Å². The van der Waals surface area contributed by atoms with Gasteiger partial charge in [-0.25, -0.2) is 17.1 Å². The minimum absolute atomic E-state index is 0.334. The first-order valence-corrected chi connectivity index (χ1v) is 8.99. The number of nitrogens with one attached hydrogen (secondary N) is 1. The summed E-state index contributed by atoms with van der Waals surface area (Å²) in [6.45, 7) is 4.13. The van der Waals surface area contributed by atoms with E-state index in [1.807, 2.05) is 0 Å². The van der Waals surface area contributed by atoms with E-state index in [2.05, 4.69) is 5.32 Å². The summed E-state index contributed by atoms with van der Waals surface area (Å²) in [6.07, 6.45) is 1.38. The average molecular weight is 328 g/mol. The van der Waals surface area contributed by atoms with Gasteiger partial charge >= 0.3 is 0 Å². The Hall–Kier alpha value is -1.47. The topological polar surface area (TPSA) is 66.5 Å². The molecule has 1 aliphatic carbocycles. The molecule has 1 amide bonds. The molecule has 0 saturated heterocycles. The van der Waals surface area contributed by atoms with Gasteiger partial charge in [0, 0.05) is 13.1 Å². The van der Waals surface area contributed by atoms with Gasteiger partial charge < -0.3 is 5.32 Å². The molecule has 2 rings (SSSR count). The highest BCUT2D eigenvalue weighted by Crippen LogP contribution is 2.45. The smallest absolute Gasteiger partial charge is 0.237 e. The zero-order valence-electron chi connectivity index (χ0n) is 12.8. The van der Waals surface area contributed by atoms with Gasteiger partial charge in [-0.15, -0.1) is 0 Å². The molecule has 7 heteroatoms. The van der Waals surface area contributed by atoms with E-state index < -0.39 is 27.2 Å². The van der Waals surface area contributed by atoms with E-state index in [1.165, 1.54) is 16.4 Å². The molecular weight excluding hydrogens is 307 g/mol. The first-order chi connectivity index (χ1) is 10.3. The van der Waals surface area contributed by atoms with Gasteiger partial charge in [0.2, 0.25) is 15.9 Å². The predicted octanol–water partition coefficient (Wildman–Crippen LogP) is 1.60. The third kappa shape index (κ3) is 3.64. The summed E-state index contributed by atoms with van der Waals surface area (Å²) in [6, 6.07) is 6.05. The monoisotopic (exact) mass is 328 g/mol. The van der Waals surface area contributed by atoms with Crippen LogP contribution < -0.4 is 5.32 Å². The molecule has 122 valence electrons. The van der Waals surface area contributed by atoms with Crippen LogP contribution in [0.4, 0.5) is 4.39 Å². The predicted molar refractivity (Wildman–Crippen MR) is 82.2 cm³/mol. The van der Waals surface area contributed by atoms with Gasteiger partial charge in [-0.1, -0.05) is 26.0 Å². The molecule has 0 atom stereocenters. The van der Waals surface area contributed by atoms with Crippen molar-refractivity contribution in [1.29, 1.82) is 0 Å². The van der Waals surface area contributed by atoms with Crippen molar-refractivity contribution in [2.45, 2.75) is 32.2 Å². The van der Waals surface area contributed by atoms with E-state index in [4.69, 9.17) is 0 Å². The molecule has 1 fully saturated rings. The highest BCUT2D eigenvalue weighted by Gasteiger charge is 2.46. The number of nitrogens with zero attached hydrogens (tertiary/aromatic N) is 1. The van der Waals surface area contributed by atoms with Crippen LogP contribution in [0.5, 0.6) is 0 Å². The number of carbonyl (C=O) groups is 1. The molecule has 0 heterocycles. The van der Waals surface area contributed by atoms with Gasteiger partial charge in [-0.3, -0.25) is 4.79 Å². The van der Waals surface area contributed by atoms with Crippen LogP contribution in [-0.2, 0) is 20.4 Å². The molecule has 0 aromatic heterocycles. The SMILES string of the molecule is CCN(CC)S(=O)(=O)CC(=O)NC1(c2cccc(F)c2)CC1. The van der Waals surface area contributed by atoms with Crippen LogP contribution in [0, 0.1) is 5.82 Å². The molecule has 1 aromatic rings. The molecule has 1 aliphatic rings. The Kier molecular flexibility index (Phi) is 4.87. The summed E-state index contributed by atoms with van der Waals surface area (Å²) in [7, 11) is -3.61. The first-order valence-electron chi connectivity index (χ1n) is 7.38. The van der Waals surface area contributed by atoms with E-state index in [1.54, 1.807) is 26.0 Å². The number of rotatable bonds is 7. The average Bonchev–Trinajstić information content (AvgIpc) is 3.19. The Bertz CT molecular complexity index is 653. The number of sulfonamides is 1. The largest absolute Gasteiger partial charge is 0.346 e. The molecule has 0 spiro atoms. The first kappa shape index (κ1) is 16.9. The minimum atomic E-state index is -3.61. The molecule has 0 bridgehead atoms. The molecule has 22 heavy (non-hydrogen) atoms. The quantitative estimate of drug-likeness (QED) is 0.827. The van der Waals surface area contributed by atoms with Gasteiger partial charge in [0.1, 0.15) is 11.6 Å². The van der Waals surface area contributed by atoms with E-state index in [9.17, 15) is 17.6 Å². The molecule has 1 N–H and O–H groups in total. The van der Waals surface area contributed by atoms with Gasteiger partial charge in [-0.05, 0) is 30.5 Å². The van der Waals surface area contributed by atoms with Crippen molar-refractivity contribution < 1.29 is 17.6 Å². The highest BCUT2D eigenvalue weighted by atomic mass is 32.2. The van der Waals surface area contributed by atoms with Crippen LogP contribution in [0.2, 0.25) is 0 Å². The van der Waals surface area contributed by atoms with Gasteiger partial charge in [0.05, 0.1) is 5.54 Å². The summed E-state index contributed by atoms with van der Waals surface area (Å²) in [5, 5.41) is 2.76. The molecule has 1 aromatic carbocycles. The number of halogens is 1. The van der Waals surface area contributed by atoms with Crippen LogP contribution >= 0.6 is 0 Å². The van der Waals surface area contributed by atoms with Crippen molar-refractivity contribution in [3.05, 3.63) is 35.6 Å². The fourth-order valence-corrected chi connectivity index (χ4v) is 3.95. The Morgan fingerprint density at radius 3 is 2.45 bits per heavy atom. The van der Waals surface area contributed by atoms with E-state index >= 15 is 0 Å². The number of carbonyl (C=O) groups excluding carboxylic acids is 1. The number of benzene rings is 1. The molecule has 5 nitrogen and oxygen atoms in total. The fourth-order valence-electron chi connectivity index (χ4n) is 2.57. The van der Waals surface area contributed by atoms with E-state index in [0.29, 0.717) is 31.5 Å². The van der Waals surface area contributed by atoms with Crippen molar-refractivity contribution in [3.8, 4) is 0 Å². The summed E-state index contributed by atoms with van der Waals surface area (Å²) >= 11 is 0. The molecular formula is C15H21FN2O3S. The van der Waals surface area contributed by atoms with Crippen LogP contribution in [0.1, 0.15) is 32.3 Å². The second-order valence-corrected chi connectivity index (χ2v) is 7.45. The van der Waals surface area contributed by atoms with Gasteiger partial charge in [0.25, 0.3) is 0 Å². The Balaban J connectivity index is 2.06. The van der Waals surface area contributed by atoms with Gasteiger partial charge in [-0.2, -0.15) is 0 Å². The molecule has 0 unspecified atom stereocenters. The zero-order chi connectivity index (χ0) is 16.4. The van der Waals surface area contributed by atoms with Crippen molar-refractivity contribution in [3.63, 3.8) is 0 Å². The minimum Gasteiger partial charge on any atom is -0.346 e. The maximum Gasteiger partial charge on any atom is 0.237 e. The second-order valence-electron chi connectivity index (χ2n) is 5.48. The van der Waals surface area contributed by atoms with Gasteiger partial charge in [0.15, 0.2) is 0 Å².